The van der Waals surface area contributed by atoms with Gasteiger partial charge in [0.15, 0.2) is 0 Å². The van der Waals surface area contributed by atoms with Gasteiger partial charge in [0, 0.05) is 18.5 Å². The molecule has 0 unspecified atom stereocenters. The van der Waals surface area contributed by atoms with E-state index in [1.54, 1.807) is 6.07 Å². The summed E-state index contributed by atoms with van der Waals surface area (Å²) in [7, 11) is 0. The standard InChI is InChI=1S/C9H13N3OS/c13-4-3-10-7-5-8(14)12-9(11-7)6-1-2-6/h5-6,13H,1-4H2,(H2,10,11,12,14). The van der Waals surface area contributed by atoms with E-state index in [0.29, 0.717) is 17.1 Å². The van der Waals surface area contributed by atoms with Crippen molar-refractivity contribution in [2.24, 2.45) is 0 Å². The number of anilines is 1. The predicted octanol–water partition coefficient (Wildman–Crippen LogP) is 1.42. The first-order valence-corrected chi connectivity index (χ1v) is 5.16. The molecule has 1 aromatic heterocycles. The van der Waals surface area contributed by atoms with Crippen LogP contribution in [0.1, 0.15) is 24.6 Å². The Labute approximate surface area is 87.4 Å². The number of aliphatic hydroxyl groups excluding tert-OH is 1. The molecule has 0 amide bonds. The van der Waals surface area contributed by atoms with Gasteiger partial charge in [-0.15, -0.1) is 0 Å². The van der Waals surface area contributed by atoms with Crippen LogP contribution in [-0.2, 0) is 0 Å². The Morgan fingerprint density at radius 3 is 3.07 bits per heavy atom. The van der Waals surface area contributed by atoms with Crippen molar-refractivity contribution < 1.29 is 5.11 Å². The van der Waals surface area contributed by atoms with Crippen molar-refractivity contribution in [2.75, 3.05) is 18.5 Å². The highest BCUT2D eigenvalue weighted by atomic mass is 32.1. The first-order valence-electron chi connectivity index (χ1n) is 4.75. The fraction of sp³-hybridized carbons (Fsp3) is 0.556. The van der Waals surface area contributed by atoms with Crippen LogP contribution in [0.15, 0.2) is 6.07 Å². The van der Waals surface area contributed by atoms with Crippen LogP contribution >= 0.6 is 12.2 Å². The van der Waals surface area contributed by atoms with Gasteiger partial charge in [0.1, 0.15) is 16.3 Å². The van der Waals surface area contributed by atoms with Crippen LogP contribution in [0.5, 0.6) is 0 Å². The van der Waals surface area contributed by atoms with E-state index in [0.717, 1.165) is 11.6 Å². The fourth-order valence-corrected chi connectivity index (χ4v) is 1.53. The van der Waals surface area contributed by atoms with E-state index in [-0.39, 0.29) is 6.61 Å². The molecule has 0 saturated heterocycles. The summed E-state index contributed by atoms with van der Waals surface area (Å²) >= 11 is 5.05. The maximum absolute atomic E-state index is 8.67. The first kappa shape index (κ1) is 9.61. The lowest BCUT2D eigenvalue weighted by Crippen LogP contribution is -2.08. The van der Waals surface area contributed by atoms with Crippen LogP contribution in [0.25, 0.3) is 0 Å². The molecule has 1 saturated carbocycles. The lowest BCUT2D eigenvalue weighted by atomic mass is 10.4. The van der Waals surface area contributed by atoms with E-state index in [2.05, 4.69) is 15.3 Å². The van der Waals surface area contributed by atoms with Crippen LogP contribution in [-0.4, -0.2) is 28.2 Å². The predicted molar refractivity (Wildman–Crippen MR) is 57.0 cm³/mol. The molecule has 0 radical (unpaired) electrons. The van der Waals surface area contributed by atoms with Gasteiger partial charge in [-0.05, 0) is 12.8 Å². The number of aliphatic hydroxyl groups is 1. The summed E-state index contributed by atoms with van der Waals surface area (Å²) in [6.45, 7) is 0.640. The van der Waals surface area contributed by atoms with Gasteiger partial charge >= 0.3 is 0 Å². The largest absolute Gasteiger partial charge is 0.395 e. The summed E-state index contributed by atoms with van der Waals surface area (Å²) in [5.74, 6) is 2.38. The molecular weight excluding hydrogens is 198 g/mol. The SMILES string of the molecule is OCCNc1cc(=S)nc(C2CC2)[nH]1. The molecule has 3 N–H and O–H groups in total. The lowest BCUT2D eigenvalue weighted by Gasteiger charge is -2.06. The minimum Gasteiger partial charge on any atom is -0.395 e. The molecule has 0 aliphatic heterocycles. The Bertz CT molecular complexity index is 373. The minimum absolute atomic E-state index is 0.113. The monoisotopic (exact) mass is 211 g/mol. The van der Waals surface area contributed by atoms with E-state index in [9.17, 15) is 0 Å². The number of aromatic amines is 1. The zero-order chi connectivity index (χ0) is 9.97. The van der Waals surface area contributed by atoms with Gasteiger partial charge in [0.2, 0.25) is 0 Å². The van der Waals surface area contributed by atoms with E-state index >= 15 is 0 Å². The van der Waals surface area contributed by atoms with Gasteiger partial charge in [-0.3, -0.25) is 0 Å². The average molecular weight is 211 g/mol. The average Bonchev–Trinajstić information content (AvgIpc) is 2.97. The molecule has 5 heteroatoms. The third-order valence-electron chi connectivity index (χ3n) is 2.15. The molecule has 1 aliphatic rings. The van der Waals surface area contributed by atoms with Crippen molar-refractivity contribution in [3.8, 4) is 0 Å². The first-order chi connectivity index (χ1) is 6.79. The molecule has 0 bridgehead atoms. The number of H-pyrrole nitrogens is 1. The van der Waals surface area contributed by atoms with E-state index < -0.39 is 0 Å². The Morgan fingerprint density at radius 2 is 2.43 bits per heavy atom. The minimum atomic E-state index is 0.113. The summed E-state index contributed by atoms with van der Waals surface area (Å²) in [4.78, 5) is 7.44. The highest BCUT2D eigenvalue weighted by Crippen LogP contribution is 2.38. The maximum atomic E-state index is 8.67. The highest BCUT2D eigenvalue weighted by Gasteiger charge is 2.25. The van der Waals surface area contributed by atoms with E-state index in [4.69, 9.17) is 17.3 Å². The van der Waals surface area contributed by atoms with Crippen molar-refractivity contribution in [3.05, 3.63) is 16.5 Å². The zero-order valence-electron chi connectivity index (χ0n) is 7.79. The quantitative estimate of drug-likeness (QED) is 0.659. The van der Waals surface area contributed by atoms with Crippen LogP contribution in [0.3, 0.4) is 0 Å². The van der Waals surface area contributed by atoms with Crippen LogP contribution in [0.4, 0.5) is 5.82 Å². The van der Waals surface area contributed by atoms with Gasteiger partial charge in [-0.2, -0.15) is 0 Å². The molecule has 1 aromatic rings. The number of nitrogens with one attached hydrogen (secondary N) is 2. The zero-order valence-corrected chi connectivity index (χ0v) is 8.60. The van der Waals surface area contributed by atoms with E-state index in [1.807, 2.05) is 0 Å². The number of hydrogen-bond acceptors (Lipinski definition) is 4. The van der Waals surface area contributed by atoms with Crippen LogP contribution in [0, 0.1) is 4.64 Å². The molecule has 0 aromatic carbocycles. The number of hydrogen-bond donors (Lipinski definition) is 3. The lowest BCUT2D eigenvalue weighted by molar-refractivity contribution is 0.311. The second-order valence-electron chi connectivity index (χ2n) is 3.44. The smallest absolute Gasteiger partial charge is 0.131 e. The molecule has 2 rings (SSSR count). The Hall–Kier alpha value is -0.940. The molecule has 1 aliphatic carbocycles. The summed E-state index contributed by atoms with van der Waals surface area (Å²) in [6, 6.07) is 1.77. The second kappa shape index (κ2) is 4.06. The van der Waals surface area contributed by atoms with Crippen molar-refractivity contribution in [1.82, 2.24) is 9.97 Å². The van der Waals surface area contributed by atoms with Crippen LogP contribution in [0.2, 0.25) is 0 Å². The topological polar surface area (TPSA) is 60.9 Å². The summed E-state index contributed by atoms with van der Waals surface area (Å²) in [5, 5.41) is 11.7. The summed E-state index contributed by atoms with van der Waals surface area (Å²) in [6.07, 6.45) is 2.39. The van der Waals surface area contributed by atoms with Crippen molar-refractivity contribution in [3.63, 3.8) is 0 Å². The van der Waals surface area contributed by atoms with Crippen LogP contribution < -0.4 is 5.32 Å². The van der Waals surface area contributed by atoms with E-state index in [1.165, 1.54) is 12.8 Å². The summed E-state index contributed by atoms with van der Waals surface area (Å²) in [5.41, 5.74) is 0. The van der Waals surface area contributed by atoms with Gasteiger partial charge in [0.05, 0.1) is 6.61 Å². The Kier molecular flexibility index (Phi) is 2.79. The Balaban J connectivity index is 2.18. The van der Waals surface area contributed by atoms with Gasteiger partial charge < -0.3 is 15.4 Å². The molecule has 1 heterocycles. The molecule has 0 spiro atoms. The number of aromatic nitrogens is 2. The van der Waals surface area contributed by atoms with Crippen molar-refractivity contribution >= 4 is 18.0 Å². The number of rotatable bonds is 4. The van der Waals surface area contributed by atoms with Gasteiger partial charge in [-0.25, -0.2) is 4.98 Å². The maximum Gasteiger partial charge on any atom is 0.131 e. The summed E-state index contributed by atoms with van der Waals surface area (Å²) < 4.78 is 0.603. The Morgan fingerprint density at radius 1 is 1.64 bits per heavy atom. The third kappa shape index (κ3) is 2.30. The number of nitrogens with zero attached hydrogens (tertiary/aromatic N) is 1. The normalized spacial score (nSPS) is 15.5. The third-order valence-corrected chi connectivity index (χ3v) is 2.36. The molecule has 0 atom stereocenters. The highest BCUT2D eigenvalue weighted by molar-refractivity contribution is 7.71. The van der Waals surface area contributed by atoms with Gasteiger partial charge in [-0.1, -0.05) is 12.2 Å². The fourth-order valence-electron chi connectivity index (χ4n) is 1.31. The van der Waals surface area contributed by atoms with Gasteiger partial charge in [0.25, 0.3) is 0 Å². The molecule has 76 valence electrons. The molecule has 14 heavy (non-hydrogen) atoms. The molecular formula is C9H13N3OS. The molecule has 4 nitrogen and oxygen atoms in total. The van der Waals surface area contributed by atoms with Crippen molar-refractivity contribution in [2.45, 2.75) is 18.8 Å². The van der Waals surface area contributed by atoms with Crippen molar-refractivity contribution in [1.29, 1.82) is 0 Å². The molecule has 1 fully saturated rings. The second-order valence-corrected chi connectivity index (χ2v) is 3.86.